The fraction of sp³-hybridized carbons (Fsp3) is 0.333. The quantitative estimate of drug-likeness (QED) is 0.721. The van der Waals surface area contributed by atoms with E-state index in [1.54, 1.807) is 12.1 Å². The molecule has 2 aromatic carbocycles. The second-order valence-corrected chi connectivity index (χ2v) is 6.37. The number of benzene rings is 2. The molecule has 0 fully saturated rings. The molecule has 2 aromatic rings. The van der Waals surface area contributed by atoms with Gasteiger partial charge in [-0.15, -0.1) is 0 Å². The topological polar surface area (TPSA) is 73.9 Å². The van der Waals surface area contributed by atoms with Crippen molar-refractivity contribution in [2.45, 2.75) is 33.4 Å². The van der Waals surface area contributed by atoms with E-state index in [9.17, 15) is 9.59 Å². The highest BCUT2D eigenvalue weighted by atomic mass is 16.5. The van der Waals surface area contributed by atoms with Crippen LogP contribution in [0.2, 0.25) is 0 Å². The number of ether oxygens (including phenoxy) is 3. The summed E-state index contributed by atoms with van der Waals surface area (Å²) in [4.78, 5) is 24.0. The van der Waals surface area contributed by atoms with E-state index in [4.69, 9.17) is 14.2 Å². The Morgan fingerprint density at radius 1 is 1.04 bits per heavy atom. The molecule has 0 saturated carbocycles. The molecule has 2 rings (SSSR count). The standard InChI is InChI=1S/C21H25NO5/c1-14(2)27-18-10-9-17(11-19(18)25-4)21(24)26-13-20(23)22-12-16-7-5-15(3)6-8-16/h5-11,14H,12-13H2,1-4H3,(H,22,23). The minimum atomic E-state index is -0.602. The Labute approximate surface area is 159 Å². The van der Waals surface area contributed by atoms with Crippen LogP contribution in [0, 0.1) is 6.92 Å². The maximum atomic E-state index is 12.2. The monoisotopic (exact) mass is 371 g/mol. The molecule has 0 heterocycles. The van der Waals surface area contributed by atoms with Crippen LogP contribution >= 0.6 is 0 Å². The summed E-state index contributed by atoms with van der Waals surface area (Å²) in [5.74, 6) is 0.00685. The molecule has 0 bridgehead atoms. The van der Waals surface area contributed by atoms with Gasteiger partial charge in [0.25, 0.3) is 5.91 Å². The number of amides is 1. The molecule has 0 atom stereocenters. The van der Waals surface area contributed by atoms with E-state index >= 15 is 0 Å². The molecule has 0 aliphatic carbocycles. The molecule has 0 spiro atoms. The molecule has 6 heteroatoms. The molecule has 0 aromatic heterocycles. The second-order valence-electron chi connectivity index (χ2n) is 6.37. The smallest absolute Gasteiger partial charge is 0.338 e. The molecule has 0 radical (unpaired) electrons. The van der Waals surface area contributed by atoms with E-state index in [1.165, 1.54) is 13.2 Å². The van der Waals surface area contributed by atoms with Gasteiger partial charge in [-0.2, -0.15) is 0 Å². The maximum absolute atomic E-state index is 12.2. The number of esters is 1. The summed E-state index contributed by atoms with van der Waals surface area (Å²) < 4.78 is 15.9. The van der Waals surface area contributed by atoms with Gasteiger partial charge in [0.1, 0.15) is 0 Å². The highest BCUT2D eigenvalue weighted by molar-refractivity contribution is 5.92. The number of aryl methyl sites for hydroxylation is 1. The van der Waals surface area contributed by atoms with E-state index in [1.807, 2.05) is 45.0 Å². The van der Waals surface area contributed by atoms with Crippen molar-refractivity contribution in [3.05, 3.63) is 59.2 Å². The number of hydrogen-bond acceptors (Lipinski definition) is 5. The van der Waals surface area contributed by atoms with Crippen molar-refractivity contribution >= 4 is 11.9 Å². The Bertz CT molecular complexity index is 784. The highest BCUT2D eigenvalue weighted by Gasteiger charge is 2.14. The van der Waals surface area contributed by atoms with Gasteiger partial charge >= 0.3 is 5.97 Å². The zero-order chi connectivity index (χ0) is 19.8. The fourth-order valence-electron chi connectivity index (χ4n) is 2.32. The van der Waals surface area contributed by atoms with Crippen LogP contribution < -0.4 is 14.8 Å². The van der Waals surface area contributed by atoms with E-state index < -0.39 is 5.97 Å². The minimum Gasteiger partial charge on any atom is -0.493 e. The summed E-state index contributed by atoms with van der Waals surface area (Å²) in [6.45, 7) is 5.83. The summed E-state index contributed by atoms with van der Waals surface area (Å²) in [6.07, 6.45) is -0.0195. The molecule has 0 aliphatic heterocycles. The molecule has 0 aliphatic rings. The Hall–Kier alpha value is -3.02. The molecule has 6 nitrogen and oxygen atoms in total. The third-order valence-corrected chi connectivity index (χ3v) is 3.71. The first kappa shape index (κ1) is 20.3. The Balaban J connectivity index is 1.87. The van der Waals surface area contributed by atoms with Gasteiger partial charge in [0.2, 0.25) is 0 Å². The van der Waals surface area contributed by atoms with Gasteiger partial charge < -0.3 is 19.5 Å². The SMILES string of the molecule is COc1cc(C(=O)OCC(=O)NCc2ccc(C)cc2)ccc1OC(C)C. The lowest BCUT2D eigenvalue weighted by Gasteiger charge is -2.14. The minimum absolute atomic E-state index is 0.0195. The van der Waals surface area contributed by atoms with Crippen molar-refractivity contribution in [3.8, 4) is 11.5 Å². The largest absolute Gasteiger partial charge is 0.493 e. The van der Waals surface area contributed by atoms with Gasteiger partial charge in [-0.3, -0.25) is 4.79 Å². The average molecular weight is 371 g/mol. The van der Waals surface area contributed by atoms with Crippen LogP contribution in [0.5, 0.6) is 11.5 Å². The Morgan fingerprint density at radius 2 is 1.74 bits per heavy atom. The summed E-state index contributed by atoms with van der Waals surface area (Å²) in [7, 11) is 1.50. The molecular weight excluding hydrogens is 346 g/mol. The van der Waals surface area contributed by atoms with Gasteiger partial charge in [-0.25, -0.2) is 4.79 Å². The van der Waals surface area contributed by atoms with Crippen molar-refractivity contribution in [2.75, 3.05) is 13.7 Å². The van der Waals surface area contributed by atoms with Gasteiger partial charge in [0.15, 0.2) is 18.1 Å². The van der Waals surface area contributed by atoms with Crippen LogP contribution in [0.3, 0.4) is 0 Å². The number of rotatable bonds is 8. The van der Waals surface area contributed by atoms with Crippen molar-refractivity contribution < 1.29 is 23.8 Å². The number of carbonyl (C=O) groups is 2. The van der Waals surface area contributed by atoms with Crippen molar-refractivity contribution in [1.29, 1.82) is 0 Å². The third-order valence-electron chi connectivity index (χ3n) is 3.71. The predicted octanol–water partition coefficient (Wildman–Crippen LogP) is 3.26. The molecule has 27 heavy (non-hydrogen) atoms. The van der Waals surface area contributed by atoms with Crippen LogP contribution in [0.1, 0.15) is 35.3 Å². The number of methoxy groups -OCH3 is 1. The average Bonchev–Trinajstić information content (AvgIpc) is 2.65. The molecule has 0 saturated heterocycles. The molecule has 0 unspecified atom stereocenters. The number of carbonyl (C=O) groups excluding carboxylic acids is 2. The molecular formula is C21H25NO5. The third kappa shape index (κ3) is 6.33. The number of nitrogens with one attached hydrogen (secondary N) is 1. The van der Waals surface area contributed by atoms with E-state index in [0.29, 0.717) is 18.0 Å². The first-order valence-corrected chi connectivity index (χ1v) is 8.73. The first-order valence-electron chi connectivity index (χ1n) is 8.73. The van der Waals surface area contributed by atoms with Gasteiger partial charge in [-0.05, 0) is 44.5 Å². The summed E-state index contributed by atoms with van der Waals surface area (Å²) in [6, 6.07) is 12.6. The normalized spacial score (nSPS) is 10.4. The lowest BCUT2D eigenvalue weighted by atomic mass is 10.1. The van der Waals surface area contributed by atoms with E-state index in [2.05, 4.69) is 5.32 Å². The Morgan fingerprint density at radius 3 is 2.37 bits per heavy atom. The van der Waals surface area contributed by atoms with E-state index in [-0.39, 0.29) is 24.2 Å². The fourth-order valence-corrected chi connectivity index (χ4v) is 2.32. The van der Waals surface area contributed by atoms with Crippen LogP contribution in [-0.2, 0) is 16.1 Å². The van der Waals surface area contributed by atoms with Crippen molar-refractivity contribution in [3.63, 3.8) is 0 Å². The zero-order valence-electron chi connectivity index (χ0n) is 16.1. The summed E-state index contributed by atoms with van der Waals surface area (Å²) in [5, 5.41) is 2.72. The highest BCUT2D eigenvalue weighted by Crippen LogP contribution is 2.29. The van der Waals surface area contributed by atoms with Crippen LogP contribution in [0.4, 0.5) is 0 Å². The molecule has 144 valence electrons. The lowest BCUT2D eigenvalue weighted by Crippen LogP contribution is -2.28. The summed E-state index contributed by atoms with van der Waals surface area (Å²) >= 11 is 0. The lowest BCUT2D eigenvalue weighted by molar-refractivity contribution is -0.124. The summed E-state index contributed by atoms with van der Waals surface area (Å²) in [5.41, 5.74) is 2.42. The van der Waals surface area contributed by atoms with Crippen LogP contribution in [-0.4, -0.2) is 31.7 Å². The predicted molar refractivity (Wildman–Crippen MR) is 102 cm³/mol. The zero-order valence-corrected chi connectivity index (χ0v) is 16.1. The molecule has 1 N–H and O–H groups in total. The van der Waals surface area contributed by atoms with Gasteiger partial charge in [0, 0.05) is 6.54 Å². The van der Waals surface area contributed by atoms with Crippen molar-refractivity contribution in [2.24, 2.45) is 0 Å². The van der Waals surface area contributed by atoms with Crippen molar-refractivity contribution in [1.82, 2.24) is 5.32 Å². The van der Waals surface area contributed by atoms with Crippen LogP contribution in [0.25, 0.3) is 0 Å². The maximum Gasteiger partial charge on any atom is 0.338 e. The second kappa shape index (κ2) is 9.62. The molecule has 1 amide bonds. The van der Waals surface area contributed by atoms with Crippen LogP contribution in [0.15, 0.2) is 42.5 Å². The Kier molecular flexibility index (Phi) is 7.23. The number of hydrogen-bond donors (Lipinski definition) is 1. The first-order chi connectivity index (χ1) is 12.9. The van der Waals surface area contributed by atoms with E-state index in [0.717, 1.165) is 11.1 Å². The van der Waals surface area contributed by atoms with Gasteiger partial charge in [0.05, 0.1) is 18.8 Å². The van der Waals surface area contributed by atoms with Gasteiger partial charge in [-0.1, -0.05) is 29.8 Å².